The van der Waals surface area contributed by atoms with Gasteiger partial charge in [0, 0.05) is 31.7 Å². The summed E-state index contributed by atoms with van der Waals surface area (Å²) in [6.45, 7) is 3.96. The predicted octanol–water partition coefficient (Wildman–Crippen LogP) is 2.45. The van der Waals surface area contributed by atoms with Crippen molar-refractivity contribution in [3.63, 3.8) is 0 Å². The Morgan fingerprint density at radius 2 is 1.71 bits per heavy atom. The van der Waals surface area contributed by atoms with Gasteiger partial charge in [0.2, 0.25) is 0 Å². The third kappa shape index (κ3) is 4.33. The molecular weight excluding hydrogens is 396 g/mol. The van der Waals surface area contributed by atoms with Gasteiger partial charge in [0.1, 0.15) is 11.5 Å². The van der Waals surface area contributed by atoms with Crippen molar-refractivity contribution in [1.29, 1.82) is 0 Å². The second-order valence-electron chi connectivity index (χ2n) is 7.59. The van der Waals surface area contributed by atoms with Crippen molar-refractivity contribution in [2.24, 2.45) is 0 Å². The third-order valence-electron chi connectivity index (χ3n) is 5.78. The first kappa shape index (κ1) is 21.1. The number of aliphatic hydroxyl groups is 1. The average Bonchev–Trinajstić information content (AvgIpc) is 3.08. The zero-order chi connectivity index (χ0) is 21.8. The lowest BCUT2D eigenvalue weighted by Crippen LogP contribution is -2.42. The smallest absolute Gasteiger partial charge is 0.295 e. The van der Waals surface area contributed by atoms with Crippen molar-refractivity contribution in [3.05, 3.63) is 71.3 Å². The molecule has 2 fully saturated rings. The number of likely N-dealkylation sites (tertiary alicyclic amines) is 1. The van der Waals surface area contributed by atoms with Gasteiger partial charge in [-0.2, -0.15) is 0 Å². The fraction of sp³-hybridized carbons (Fsp3) is 0.333. The van der Waals surface area contributed by atoms with Crippen molar-refractivity contribution in [3.8, 4) is 5.75 Å². The molecular formula is C24H26N2O5. The number of carbonyl (C=O) groups excluding carboxylic acids is 2. The fourth-order valence-electron chi connectivity index (χ4n) is 4.07. The number of rotatable bonds is 6. The zero-order valence-electron chi connectivity index (χ0n) is 17.5. The molecule has 2 saturated heterocycles. The highest BCUT2D eigenvalue weighted by Gasteiger charge is 2.45. The monoisotopic (exact) mass is 422 g/mol. The van der Waals surface area contributed by atoms with Crippen LogP contribution in [0.4, 0.5) is 0 Å². The van der Waals surface area contributed by atoms with Crippen molar-refractivity contribution < 1.29 is 24.2 Å². The van der Waals surface area contributed by atoms with Crippen molar-refractivity contribution in [2.45, 2.75) is 6.04 Å². The van der Waals surface area contributed by atoms with Gasteiger partial charge in [0.25, 0.3) is 11.7 Å². The van der Waals surface area contributed by atoms with Crippen LogP contribution in [-0.2, 0) is 14.3 Å². The van der Waals surface area contributed by atoms with Crippen LogP contribution in [0.2, 0.25) is 0 Å². The van der Waals surface area contributed by atoms with Crippen LogP contribution in [0.25, 0.3) is 5.76 Å². The molecule has 0 bridgehead atoms. The average molecular weight is 422 g/mol. The van der Waals surface area contributed by atoms with E-state index in [1.54, 1.807) is 36.3 Å². The second kappa shape index (κ2) is 9.32. The number of nitrogens with zero attached hydrogens (tertiary/aromatic N) is 2. The summed E-state index contributed by atoms with van der Waals surface area (Å²) in [7, 11) is 1.56. The van der Waals surface area contributed by atoms with Gasteiger partial charge in [0.05, 0.1) is 31.9 Å². The Morgan fingerprint density at radius 3 is 2.35 bits per heavy atom. The van der Waals surface area contributed by atoms with E-state index >= 15 is 0 Å². The number of hydrogen-bond donors (Lipinski definition) is 1. The van der Waals surface area contributed by atoms with Gasteiger partial charge in [-0.25, -0.2) is 0 Å². The quantitative estimate of drug-likeness (QED) is 0.438. The lowest BCUT2D eigenvalue weighted by molar-refractivity contribution is -0.140. The molecule has 7 nitrogen and oxygen atoms in total. The first-order chi connectivity index (χ1) is 15.1. The van der Waals surface area contributed by atoms with E-state index in [0.29, 0.717) is 37.6 Å². The van der Waals surface area contributed by atoms with Crippen LogP contribution in [0.1, 0.15) is 17.2 Å². The van der Waals surface area contributed by atoms with Crippen LogP contribution < -0.4 is 4.74 Å². The van der Waals surface area contributed by atoms with E-state index in [1.807, 2.05) is 30.3 Å². The number of morpholine rings is 1. The van der Waals surface area contributed by atoms with Gasteiger partial charge in [-0.15, -0.1) is 0 Å². The number of ketones is 1. The van der Waals surface area contributed by atoms with E-state index in [1.165, 1.54) is 0 Å². The molecule has 0 aromatic heterocycles. The number of ether oxygens (including phenoxy) is 2. The van der Waals surface area contributed by atoms with E-state index in [2.05, 4.69) is 4.90 Å². The number of aliphatic hydroxyl groups excluding tert-OH is 1. The minimum absolute atomic E-state index is 0.114. The molecule has 1 N–H and O–H groups in total. The largest absolute Gasteiger partial charge is 0.507 e. The first-order valence-corrected chi connectivity index (χ1v) is 10.4. The summed E-state index contributed by atoms with van der Waals surface area (Å²) in [5.41, 5.74) is 1.37. The SMILES string of the molecule is COc1ccc(/C(O)=C2\C(=O)C(=O)N(CCN3CCOCC3)[C@@H]2c2ccccc2)cc1. The maximum atomic E-state index is 13.0. The molecule has 4 rings (SSSR count). The highest BCUT2D eigenvalue weighted by Crippen LogP contribution is 2.39. The minimum Gasteiger partial charge on any atom is -0.507 e. The summed E-state index contributed by atoms with van der Waals surface area (Å²) in [4.78, 5) is 29.8. The summed E-state index contributed by atoms with van der Waals surface area (Å²) in [5.74, 6) is -0.785. The molecule has 0 aliphatic carbocycles. The molecule has 2 aliphatic rings. The van der Waals surface area contributed by atoms with Crippen LogP contribution >= 0.6 is 0 Å². The molecule has 2 heterocycles. The topological polar surface area (TPSA) is 79.3 Å². The number of benzene rings is 2. The maximum absolute atomic E-state index is 13.0. The highest BCUT2D eigenvalue weighted by molar-refractivity contribution is 6.46. The zero-order valence-corrected chi connectivity index (χ0v) is 17.5. The standard InChI is InChI=1S/C24H26N2O5/c1-30-19-9-7-18(8-10-19)22(27)20-21(17-5-3-2-4-6-17)26(24(29)23(20)28)12-11-25-13-15-31-16-14-25/h2-10,21,27H,11-16H2,1H3/b22-20+/t21-/m1/s1. The molecule has 162 valence electrons. The van der Waals surface area contributed by atoms with Gasteiger partial charge in [-0.05, 0) is 29.8 Å². The Balaban J connectivity index is 1.70. The van der Waals surface area contributed by atoms with Crippen LogP contribution in [0.3, 0.4) is 0 Å². The van der Waals surface area contributed by atoms with Crippen molar-refractivity contribution in [1.82, 2.24) is 9.80 Å². The number of carbonyl (C=O) groups is 2. The van der Waals surface area contributed by atoms with Gasteiger partial charge >= 0.3 is 0 Å². The molecule has 0 saturated carbocycles. The fourth-order valence-corrected chi connectivity index (χ4v) is 4.07. The summed E-state index contributed by atoms with van der Waals surface area (Å²) in [5, 5.41) is 11.1. The minimum atomic E-state index is -0.663. The van der Waals surface area contributed by atoms with Gasteiger partial charge in [-0.1, -0.05) is 30.3 Å². The molecule has 7 heteroatoms. The van der Waals surface area contributed by atoms with Crippen LogP contribution in [0, 0.1) is 0 Å². The summed E-state index contributed by atoms with van der Waals surface area (Å²) >= 11 is 0. The molecule has 1 atom stereocenters. The van der Waals surface area contributed by atoms with Crippen molar-refractivity contribution in [2.75, 3.05) is 46.5 Å². The predicted molar refractivity (Wildman–Crippen MR) is 116 cm³/mol. The Hall–Kier alpha value is -3.16. The van der Waals surface area contributed by atoms with Crippen LogP contribution in [0.15, 0.2) is 60.2 Å². The Kier molecular flexibility index (Phi) is 6.34. The number of hydrogen-bond acceptors (Lipinski definition) is 6. The summed E-state index contributed by atoms with van der Waals surface area (Å²) < 4.78 is 10.6. The molecule has 2 aromatic rings. The normalized spacial score (nSPS) is 21.5. The lowest BCUT2D eigenvalue weighted by Gasteiger charge is -2.31. The van der Waals surface area contributed by atoms with E-state index in [0.717, 1.165) is 18.7 Å². The molecule has 0 spiro atoms. The number of amides is 1. The van der Waals surface area contributed by atoms with E-state index in [4.69, 9.17) is 9.47 Å². The highest BCUT2D eigenvalue weighted by atomic mass is 16.5. The third-order valence-corrected chi connectivity index (χ3v) is 5.78. The lowest BCUT2D eigenvalue weighted by atomic mass is 9.95. The van der Waals surface area contributed by atoms with E-state index in [9.17, 15) is 14.7 Å². The molecule has 2 aromatic carbocycles. The van der Waals surface area contributed by atoms with Gasteiger partial charge in [0.15, 0.2) is 0 Å². The van der Waals surface area contributed by atoms with E-state index in [-0.39, 0.29) is 11.3 Å². The summed E-state index contributed by atoms with van der Waals surface area (Å²) in [6, 6.07) is 15.5. The van der Waals surface area contributed by atoms with Gasteiger partial charge < -0.3 is 19.5 Å². The molecule has 2 aliphatic heterocycles. The number of Topliss-reactive ketones (excluding diaryl/α,β-unsaturated/α-hetero) is 1. The molecule has 31 heavy (non-hydrogen) atoms. The van der Waals surface area contributed by atoms with E-state index < -0.39 is 17.7 Å². The molecule has 0 unspecified atom stereocenters. The Morgan fingerprint density at radius 1 is 1.03 bits per heavy atom. The van der Waals surface area contributed by atoms with Crippen LogP contribution in [-0.4, -0.2) is 73.1 Å². The maximum Gasteiger partial charge on any atom is 0.295 e. The second-order valence-corrected chi connectivity index (χ2v) is 7.59. The Bertz CT molecular complexity index is 965. The molecule has 1 amide bonds. The van der Waals surface area contributed by atoms with Crippen molar-refractivity contribution >= 4 is 17.4 Å². The van der Waals surface area contributed by atoms with Gasteiger partial charge in [-0.3, -0.25) is 14.5 Å². The molecule has 0 radical (unpaired) electrons. The van der Waals surface area contributed by atoms with Crippen LogP contribution in [0.5, 0.6) is 5.75 Å². The summed E-state index contributed by atoms with van der Waals surface area (Å²) in [6.07, 6.45) is 0. The Labute approximate surface area is 181 Å². The first-order valence-electron chi connectivity index (χ1n) is 10.4. The number of methoxy groups -OCH3 is 1.